The number of hydrogen-bond acceptors (Lipinski definition) is 5. The summed E-state index contributed by atoms with van der Waals surface area (Å²) in [6, 6.07) is 9.73. The zero-order valence-corrected chi connectivity index (χ0v) is 14.4. The Morgan fingerprint density at radius 2 is 2.00 bits per heavy atom. The van der Waals surface area contributed by atoms with Crippen LogP contribution in [0.3, 0.4) is 0 Å². The number of rotatable bonds is 8. The van der Waals surface area contributed by atoms with E-state index >= 15 is 0 Å². The Bertz CT molecular complexity index is 666. The van der Waals surface area contributed by atoms with Gasteiger partial charge in [0.15, 0.2) is 0 Å². The van der Waals surface area contributed by atoms with Crippen molar-refractivity contribution in [2.45, 2.75) is 57.0 Å². The average Bonchev–Trinajstić information content (AvgIpc) is 3.30. The minimum Gasteiger partial charge on any atom is -0.425 e. The molecule has 1 saturated carbocycles. The summed E-state index contributed by atoms with van der Waals surface area (Å²) in [5.41, 5.74) is 1.05. The van der Waals surface area contributed by atoms with E-state index in [1.807, 2.05) is 30.3 Å². The molecule has 1 aromatic carbocycles. The molecule has 0 spiro atoms. The molecule has 1 amide bonds. The molecular formula is C19H25N3O3. The van der Waals surface area contributed by atoms with Gasteiger partial charge in [0.2, 0.25) is 17.7 Å². The number of carbonyl (C=O) groups excluding carboxylic acids is 1. The van der Waals surface area contributed by atoms with Gasteiger partial charge in [0, 0.05) is 31.7 Å². The van der Waals surface area contributed by atoms with Gasteiger partial charge in [-0.1, -0.05) is 43.2 Å². The molecule has 0 radical (unpaired) electrons. The van der Waals surface area contributed by atoms with E-state index in [1.54, 1.807) is 0 Å². The highest BCUT2D eigenvalue weighted by Crippen LogP contribution is 2.33. The Labute approximate surface area is 147 Å². The van der Waals surface area contributed by atoms with Crippen molar-refractivity contribution >= 4 is 5.91 Å². The SMILES string of the molecule is O=C(CCc1nnc(C2CCCC2)o1)NCC(O)Cc1ccccc1. The van der Waals surface area contributed by atoms with Crippen LogP contribution in [-0.4, -0.2) is 33.9 Å². The Morgan fingerprint density at radius 3 is 2.76 bits per heavy atom. The Balaban J connectivity index is 1.36. The normalized spacial score (nSPS) is 16.0. The van der Waals surface area contributed by atoms with Gasteiger partial charge in [-0.2, -0.15) is 0 Å². The van der Waals surface area contributed by atoms with Crippen molar-refractivity contribution in [3.8, 4) is 0 Å². The maximum absolute atomic E-state index is 11.9. The van der Waals surface area contributed by atoms with Crippen molar-refractivity contribution in [3.63, 3.8) is 0 Å². The van der Waals surface area contributed by atoms with Crippen molar-refractivity contribution < 1.29 is 14.3 Å². The fraction of sp³-hybridized carbons (Fsp3) is 0.526. The molecule has 2 N–H and O–H groups in total. The first-order valence-electron chi connectivity index (χ1n) is 9.01. The second-order valence-corrected chi connectivity index (χ2v) is 6.66. The molecule has 1 fully saturated rings. The third-order valence-electron chi connectivity index (χ3n) is 4.60. The number of benzene rings is 1. The van der Waals surface area contributed by atoms with Crippen LogP contribution in [0.1, 0.15) is 55.4 Å². The molecule has 1 aliphatic rings. The zero-order chi connectivity index (χ0) is 17.5. The van der Waals surface area contributed by atoms with E-state index in [-0.39, 0.29) is 18.9 Å². The minimum atomic E-state index is -0.594. The highest BCUT2D eigenvalue weighted by molar-refractivity contribution is 5.76. The molecule has 2 aromatic rings. The second kappa shape index (κ2) is 8.76. The first kappa shape index (κ1) is 17.6. The molecule has 3 rings (SSSR count). The van der Waals surface area contributed by atoms with Crippen LogP contribution in [0.5, 0.6) is 0 Å². The lowest BCUT2D eigenvalue weighted by Crippen LogP contribution is -2.33. The molecule has 25 heavy (non-hydrogen) atoms. The largest absolute Gasteiger partial charge is 0.425 e. The van der Waals surface area contributed by atoms with Crippen LogP contribution in [0.15, 0.2) is 34.7 Å². The van der Waals surface area contributed by atoms with Gasteiger partial charge in [-0.05, 0) is 18.4 Å². The highest BCUT2D eigenvalue weighted by atomic mass is 16.4. The van der Waals surface area contributed by atoms with E-state index in [4.69, 9.17) is 4.42 Å². The molecule has 1 aliphatic carbocycles. The number of aromatic nitrogens is 2. The van der Waals surface area contributed by atoms with Gasteiger partial charge in [-0.15, -0.1) is 10.2 Å². The van der Waals surface area contributed by atoms with Gasteiger partial charge in [-0.3, -0.25) is 4.79 Å². The average molecular weight is 343 g/mol. The van der Waals surface area contributed by atoms with Crippen LogP contribution in [0.25, 0.3) is 0 Å². The predicted molar refractivity (Wildman–Crippen MR) is 93.0 cm³/mol. The Kier molecular flexibility index (Phi) is 6.17. The van der Waals surface area contributed by atoms with Gasteiger partial charge in [0.05, 0.1) is 6.10 Å². The topological polar surface area (TPSA) is 88.2 Å². The quantitative estimate of drug-likeness (QED) is 0.768. The third kappa shape index (κ3) is 5.39. The number of nitrogens with zero attached hydrogens (tertiary/aromatic N) is 2. The Morgan fingerprint density at radius 1 is 1.24 bits per heavy atom. The molecule has 6 nitrogen and oxygen atoms in total. The maximum Gasteiger partial charge on any atom is 0.220 e. The molecule has 1 aromatic heterocycles. The lowest BCUT2D eigenvalue weighted by atomic mass is 10.1. The molecule has 1 unspecified atom stereocenters. The number of carbonyl (C=O) groups is 1. The van der Waals surface area contributed by atoms with Crippen LogP contribution in [0.2, 0.25) is 0 Å². The van der Waals surface area contributed by atoms with Crippen molar-refractivity contribution in [2.75, 3.05) is 6.54 Å². The van der Waals surface area contributed by atoms with Crippen molar-refractivity contribution in [3.05, 3.63) is 47.7 Å². The maximum atomic E-state index is 11.9. The van der Waals surface area contributed by atoms with Gasteiger partial charge < -0.3 is 14.8 Å². The van der Waals surface area contributed by atoms with Gasteiger partial charge in [0.25, 0.3) is 0 Å². The van der Waals surface area contributed by atoms with Crippen molar-refractivity contribution in [2.24, 2.45) is 0 Å². The number of aliphatic hydroxyl groups is 1. The first-order chi connectivity index (χ1) is 12.2. The standard InChI is InChI=1S/C19H25N3O3/c23-16(12-14-6-2-1-3-7-14)13-20-17(24)10-11-18-21-22-19(25-18)15-8-4-5-9-15/h1-3,6-7,15-16,23H,4-5,8-13H2,(H,20,24). The second-order valence-electron chi connectivity index (χ2n) is 6.66. The lowest BCUT2D eigenvalue weighted by molar-refractivity contribution is -0.121. The van der Waals surface area contributed by atoms with Crippen LogP contribution in [0, 0.1) is 0 Å². The van der Waals surface area contributed by atoms with Crippen LogP contribution < -0.4 is 5.32 Å². The number of nitrogens with one attached hydrogen (secondary N) is 1. The highest BCUT2D eigenvalue weighted by Gasteiger charge is 2.22. The van der Waals surface area contributed by atoms with Gasteiger partial charge in [0.1, 0.15) is 0 Å². The fourth-order valence-corrected chi connectivity index (χ4v) is 3.20. The van der Waals surface area contributed by atoms with Crippen LogP contribution in [-0.2, 0) is 17.6 Å². The number of aliphatic hydroxyl groups excluding tert-OH is 1. The van der Waals surface area contributed by atoms with Crippen LogP contribution >= 0.6 is 0 Å². The summed E-state index contributed by atoms with van der Waals surface area (Å²) in [5.74, 6) is 1.50. The molecule has 0 aliphatic heterocycles. The molecule has 1 atom stereocenters. The summed E-state index contributed by atoms with van der Waals surface area (Å²) in [4.78, 5) is 11.9. The minimum absolute atomic E-state index is 0.118. The summed E-state index contributed by atoms with van der Waals surface area (Å²) < 4.78 is 5.67. The fourth-order valence-electron chi connectivity index (χ4n) is 3.20. The van der Waals surface area contributed by atoms with E-state index < -0.39 is 6.10 Å². The van der Waals surface area contributed by atoms with E-state index in [1.165, 1.54) is 12.8 Å². The van der Waals surface area contributed by atoms with Gasteiger partial charge in [-0.25, -0.2) is 0 Å². The summed E-state index contributed by atoms with van der Waals surface area (Å²) >= 11 is 0. The summed E-state index contributed by atoms with van der Waals surface area (Å²) in [6.45, 7) is 0.241. The first-order valence-corrected chi connectivity index (χ1v) is 9.01. The molecule has 134 valence electrons. The van der Waals surface area contributed by atoms with Crippen molar-refractivity contribution in [1.29, 1.82) is 0 Å². The number of amides is 1. The van der Waals surface area contributed by atoms with E-state index in [0.29, 0.717) is 30.5 Å². The van der Waals surface area contributed by atoms with Gasteiger partial charge >= 0.3 is 0 Å². The molecule has 0 saturated heterocycles. The smallest absolute Gasteiger partial charge is 0.220 e. The molecule has 6 heteroatoms. The molecular weight excluding hydrogens is 318 g/mol. The zero-order valence-electron chi connectivity index (χ0n) is 14.4. The van der Waals surface area contributed by atoms with E-state index in [9.17, 15) is 9.90 Å². The summed E-state index contributed by atoms with van der Waals surface area (Å²) in [7, 11) is 0. The number of hydrogen-bond donors (Lipinski definition) is 2. The third-order valence-corrected chi connectivity index (χ3v) is 4.60. The number of aryl methyl sites for hydroxylation is 1. The van der Waals surface area contributed by atoms with E-state index in [2.05, 4.69) is 15.5 Å². The molecule has 1 heterocycles. The summed E-state index contributed by atoms with van der Waals surface area (Å²) in [6.07, 6.45) is 5.30. The van der Waals surface area contributed by atoms with E-state index in [0.717, 1.165) is 18.4 Å². The monoisotopic (exact) mass is 343 g/mol. The van der Waals surface area contributed by atoms with Crippen molar-refractivity contribution in [1.82, 2.24) is 15.5 Å². The Hall–Kier alpha value is -2.21. The van der Waals surface area contributed by atoms with Crippen LogP contribution in [0.4, 0.5) is 0 Å². The summed E-state index contributed by atoms with van der Waals surface area (Å²) in [5, 5.41) is 20.9. The molecule has 0 bridgehead atoms. The predicted octanol–water partition coefficient (Wildman–Crippen LogP) is 2.38. The lowest BCUT2D eigenvalue weighted by Gasteiger charge is -2.11.